The number of anilines is 4. The van der Waals surface area contributed by atoms with Crippen molar-refractivity contribution in [1.82, 2.24) is 4.98 Å². The van der Waals surface area contributed by atoms with Crippen LogP contribution in [0.25, 0.3) is 11.1 Å². The minimum atomic E-state index is -0.547. The summed E-state index contributed by atoms with van der Waals surface area (Å²) in [5, 5.41) is 12.2. The number of nitrogens with one attached hydrogen (secondary N) is 2. The predicted octanol–water partition coefficient (Wildman–Crippen LogP) is 4.95. The minimum Gasteiger partial charge on any atom is -0.464 e. The molecule has 7 heteroatoms. The highest BCUT2D eigenvalue weighted by Crippen LogP contribution is 2.34. The maximum atomic E-state index is 12.4. The third-order valence-corrected chi connectivity index (χ3v) is 5.11. The van der Waals surface area contributed by atoms with E-state index in [2.05, 4.69) is 10.3 Å². The lowest BCUT2D eigenvalue weighted by molar-refractivity contribution is 0.0594. The van der Waals surface area contributed by atoms with E-state index < -0.39 is 5.97 Å². The molecule has 0 radical (unpaired) electrons. The van der Waals surface area contributed by atoms with E-state index in [0.717, 1.165) is 16.9 Å². The molecule has 0 fully saturated rings. The Kier molecular flexibility index (Phi) is 6.78. The van der Waals surface area contributed by atoms with Crippen LogP contribution in [0.3, 0.4) is 0 Å². The lowest BCUT2D eigenvalue weighted by Crippen LogP contribution is -2.16. The van der Waals surface area contributed by atoms with Gasteiger partial charge in [0.15, 0.2) is 5.69 Å². The molecule has 0 saturated heterocycles. The Hall–Kier alpha value is -3.87. The summed E-state index contributed by atoms with van der Waals surface area (Å²) in [6, 6.07) is 16.9. The van der Waals surface area contributed by atoms with Crippen LogP contribution in [0.15, 0.2) is 54.6 Å². The SMILES string of the molecule is COC(=O)c1cc(-c2ccc(N)cc2)c(C(=N)C(C)C)c(Nc2cccc(N(C)C)c2)n1. The molecule has 32 heavy (non-hydrogen) atoms. The number of ether oxygens (including phenoxy) is 1. The number of nitrogens with two attached hydrogens (primary N) is 1. The van der Waals surface area contributed by atoms with Gasteiger partial charge in [-0.05, 0) is 53.4 Å². The number of rotatable bonds is 7. The molecule has 2 aromatic carbocycles. The van der Waals surface area contributed by atoms with Crippen molar-refractivity contribution >= 4 is 34.6 Å². The molecule has 0 aliphatic rings. The van der Waals surface area contributed by atoms with Gasteiger partial charge >= 0.3 is 5.97 Å². The van der Waals surface area contributed by atoms with Gasteiger partial charge in [0.1, 0.15) is 5.82 Å². The van der Waals surface area contributed by atoms with Gasteiger partial charge in [-0.1, -0.05) is 32.0 Å². The normalized spacial score (nSPS) is 10.7. The van der Waals surface area contributed by atoms with Crippen LogP contribution < -0.4 is 16.0 Å². The number of pyridine rings is 1. The fraction of sp³-hybridized carbons (Fsp3) is 0.240. The maximum absolute atomic E-state index is 12.4. The van der Waals surface area contributed by atoms with Gasteiger partial charge in [0.25, 0.3) is 0 Å². The quantitative estimate of drug-likeness (QED) is 0.278. The third kappa shape index (κ3) is 4.88. The van der Waals surface area contributed by atoms with Crippen LogP contribution in [0.2, 0.25) is 0 Å². The first-order chi connectivity index (χ1) is 15.2. The van der Waals surface area contributed by atoms with Gasteiger partial charge in [-0.3, -0.25) is 0 Å². The van der Waals surface area contributed by atoms with Crippen molar-refractivity contribution in [3.05, 3.63) is 65.9 Å². The molecule has 1 aromatic heterocycles. The number of esters is 1. The summed E-state index contributed by atoms with van der Waals surface area (Å²) in [4.78, 5) is 19.0. The van der Waals surface area contributed by atoms with E-state index in [1.165, 1.54) is 7.11 Å². The van der Waals surface area contributed by atoms with Crippen molar-refractivity contribution in [3.8, 4) is 11.1 Å². The molecule has 0 aliphatic heterocycles. The zero-order valence-corrected chi connectivity index (χ0v) is 19.1. The van der Waals surface area contributed by atoms with Crippen LogP contribution in [0.5, 0.6) is 0 Å². The van der Waals surface area contributed by atoms with Crippen LogP contribution in [-0.4, -0.2) is 37.9 Å². The van der Waals surface area contributed by atoms with Crippen LogP contribution in [0.4, 0.5) is 22.9 Å². The molecule has 0 unspecified atom stereocenters. The Morgan fingerprint density at radius 3 is 2.41 bits per heavy atom. The number of nitrogen functional groups attached to an aromatic ring is 1. The molecule has 3 rings (SSSR count). The van der Waals surface area contributed by atoms with Crippen molar-refractivity contribution in [3.63, 3.8) is 0 Å². The van der Waals surface area contributed by atoms with Crippen molar-refractivity contribution in [2.75, 3.05) is 37.2 Å². The molecule has 3 aromatic rings. The van der Waals surface area contributed by atoms with Crippen LogP contribution in [0.1, 0.15) is 29.9 Å². The fourth-order valence-corrected chi connectivity index (χ4v) is 3.29. The number of carbonyl (C=O) groups is 1. The molecule has 0 aliphatic carbocycles. The van der Waals surface area contributed by atoms with Gasteiger partial charge in [0, 0.05) is 42.4 Å². The lowest BCUT2D eigenvalue weighted by Gasteiger charge is -2.20. The molecule has 0 spiro atoms. The second kappa shape index (κ2) is 9.51. The van der Waals surface area contributed by atoms with Gasteiger partial charge in [-0.15, -0.1) is 0 Å². The number of methoxy groups -OCH3 is 1. The second-order valence-electron chi connectivity index (χ2n) is 8.03. The van der Waals surface area contributed by atoms with E-state index in [1.54, 1.807) is 18.2 Å². The molecule has 0 saturated carbocycles. The van der Waals surface area contributed by atoms with Crippen molar-refractivity contribution < 1.29 is 9.53 Å². The fourth-order valence-electron chi connectivity index (χ4n) is 3.29. The number of benzene rings is 2. The van der Waals surface area contributed by atoms with E-state index in [0.29, 0.717) is 28.3 Å². The summed E-state index contributed by atoms with van der Waals surface area (Å²) in [6.45, 7) is 3.92. The van der Waals surface area contributed by atoms with Gasteiger partial charge < -0.3 is 26.1 Å². The first kappa shape index (κ1) is 22.8. The topological polar surface area (TPSA) is 104 Å². The number of nitrogens with zero attached hydrogens (tertiary/aromatic N) is 2. The first-order valence-electron chi connectivity index (χ1n) is 10.3. The smallest absolute Gasteiger partial charge is 0.356 e. The second-order valence-corrected chi connectivity index (χ2v) is 8.03. The summed E-state index contributed by atoms with van der Waals surface area (Å²) in [6.07, 6.45) is 0. The zero-order valence-electron chi connectivity index (χ0n) is 19.1. The molecule has 0 atom stereocenters. The van der Waals surface area contributed by atoms with Crippen LogP contribution in [-0.2, 0) is 4.74 Å². The molecular formula is C25H29N5O2. The average Bonchev–Trinajstić information content (AvgIpc) is 2.78. The monoisotopic (exact) mass is 431 g/mol. The number of aromatic nitrogens is 1. The molecule has 4 N–H and O–H groups in total. The van der Waals surface area contributed by atoms with E-state index >= 15 is 0 Å². The van der Waals surface area contributed by atoms with Gasteiger partial charge in [-0.25, -0.2) is 9.78 Å². The average molecular weight is 432 g/mol. The van der Waals surface area contributed by atoms with Gasteiger partial charge in [-0.2, -0.15) is 0 Å². The zero-order chi connectivity index (χ0) is 23.4. The molecule has 0 amide bonds. The summed E-state index contributed by atoms with van der Waals surface area (Å²) in [5.74, 6) is -0.175. The molecule has 0 bridgehead atoms. The largest absolute Gasteiger partial charge is 0.464 e. The van der Waals surface area contributed by atoms with Crippen molar-refractivity contribution in [2.24, 2.45) is 5.92 Å². The number of carbonyl (C=O) groups excluding carboxylic acids is 1. The molecule has 7 nitrogen and oxygen atoms in total. The third-order valence-electron chi connectivity index (χ3n) is 5.11. The number of hydrogen-bond acceptors (Lipinski definition) is 7. The minimum absolute atomic E-state index is 0.0537. The maximum Gasteiger partial charge on any atom is 0.356 e. The first-order valence-corrected chi connectivity index (χ1v) is 10.3. The highest BCUT2D eigenvalue weighted by atomic mass is 16.5. The van der Waals surface area contributed by atoms with Crippen molar-refractivity contribution in [1.29, 1.82) is 5.41 Å². The highest BCUT2D eigenvalue weighted by Gasteiger charge is 2.23. The summed E-state index contributed by atoms with van der Waals surface area (Å²) >= 11 is 0. The molecular weight excluding hydrogens is 402 g/mol. The Morgan fingerprint density at radius 2 is 1.81 bits per heavy atom. The summed E-state index contributed by atoms with van der Waals surface area (Å²) < 4.78 is 4.94. The highest BCUT2D eigenvalue weighted by molar-refractivity contribution is 6.10. The lowest BCUT2D eigenvalue weighted by atomic mass is 9.91. The van der Waals surface area contributed by atoms with Crippen LogP contribution >= 0.6 is 0 Å². The van der Waals surface area contributed by atoms with Crippen molar-refractivity contribution in [2.45, 2.75) is 13.8 Å². The summed E-state index contributed by atoms with van der Waals surface area (Å²) in [5.41, 5.74) is 11.1. The van der Waals surface area contributed by atoms with Crippen LogP contribution in [0, 0.1) is 11.3 Å². The van der Waals surface area contributed by atoms with Gasteiger partial charge in [0.2, 0.25) is 0 Å². The van der Waals surface area contributed by atoms with E-state index in [1.807, 2.05) is 69.2 Å². The Balaban J connectivity index is 2.26. The Morgan fingerprint density at radius 1 is 1.12 bits per heavy atom. The van der Waals surface area contributed by atoms with Gasteiger partial charge in [0.05, 0.1) is 7.11 Å². The van der Waals surface area contributed by atoms with E-state index in [9.17, 15) is 4.79 Å². The predicted molar refractivity (Wildman–Crippen MR) is 131 cm³/mol. The molecule has 166 valence electrons. The Labute approximate surface area is 188 Å². The molecule has 1 heterocycles. The van der Waals surface area contributed by atoms with E-state index in [-0.39, 0.29) is 11.6 Å². The Bertz CT molecular complexity index is 1140. The van der Waals surface area contributed by atoms with E-state index in [4.69, 9.17) is 15.9 Å². The standard InChI is InChI=1S/C25H29N5O2/c1-15(2)23(27)22-20(16-9-11-17(26)12-10-16)14-21(25(31)32-5)29-24(22)28-18-7-6-8-19(13-18)30(3)4/h6-15,27H,26H2,1-5H3,(H,28,29). The summed E-state index contributed by atoms with van der Waals surface area (Å²) in [7, 11) is 5.26. The number of hydrogen-bond donors (Lipinski definition) is 3.